The molecule has 1 aliphatic rings. The van der Waals surface area contributed by atoms with Gasteiger partial charge >= 0.3 is 0 Å². The third kappa shape index (κ3) is 4.25. The predicted molar refractivity (Wildman–Crippen MR) is 93.0 cm³/mol. The van der Waals surface area contributed by atoms with Crippen LogP contribution in [-0.4, -0.2) is 25.6 Å². The SMILES string of the molecule is O=C(COc1ccccc1F)Nc1ccc(N2CCCCC2)cc1. The van der Waals surface area contributed by atoms with Gasteiger partial charge in [-0.1, -0.05) is 12.1 Å². The fraction of sp³-hybridized carbons (Fsp3) is 0.316. The molecule has 4 nitrogen and oxygen atoms in total. The first-order chi connectivity index (χ1) is 11.7. The Hall–Kier alpha value is -2.56. The van der Waals surface area contributed by atoms with Crippen LogP contribution in [0.25, 0.3) is 0 Å². The van der Waals surface area contributed by atoms with Gasteiger partial charge in [0.2, 0.25) is 0 Å². The average Bonchev–Trinajstić information content (AvgIpc) is 2.62. The first kappa shape index (κ1) is 16.3. The number of anilines is 2. The molecule has 0 saturated carbocycles. The number of nitrogens with zero attached hydrogens (tertiary/aromatic N) is 1. The highest BCUT2D eigenvalue weighted by atomic mass is 19.1. The molecule has 0 atom stereocenters. The summed E-state index contributed by atoms with van der Waals surface area (Å²) < 4.78 is 18.6. The Kier molecular flexibility index (Phi) is 5.31. The summed E-state index contributed by atoms with van der Waals surface area (Å²) in [5.74, 6) is -0.715. The van der Waals surface area contributed by atoms with Crippen LogP contribution in [0.5, 0.6) is 5.75 Å². The van der Waals surface area contributed by atoms with Crippen LogP contribution in [-0.2, 0) is 4.79 Å². The summed E-state index contributed by atoms with van der Waals surface area (Å²) in [5, 5.41) is 2.76. The molecule has 126 valence electrons. The fourth-order valence-electron chi connectivity index (χ4n) is 2.81. The molecule has 0 bridgehead atoms. The van der Waals surface area contributed by atoms with Crippen molar-refractivity contribution in [2.75, 3.05) is 29.9 Å². The normalized spacial score (nSPS) is 14.3. The van der Waals surface area contributed by atoms with Crippen molar-refractivity contribution in [2.24, 2.45) is 0 Å². The van der Waals surface area contributed by atoms with E-state index in [4.69, 9.17) is 4.74 Å². The predicted octanol–water partition coefficient (Wildman–Crippen LogP) is 3.83. The van der Waals surface area contributed by atoms with E-state index in [0.717, 1.165) is 13.1 Å². The van der Waals surface area contributed by atoms with Crippen LogP contribution in [0, 0.1) is 5.82 Å². The Bertz CT molecular complexity index is 682. The Morgan fingerprint density at radius 1 is 1.04 bits per heavy atom. The molecule has 1 N–H and O–H groups in total. The van der Waals surface area contributed by atoms with Gasteiger partial charge in [0, 0.05) is 24.5 Å². The van der Waals surface area contributed by atoms with Crippen LogP contribution in [0.2, 0.25) is 0 Å². The monoisotopic (exact) mass is 328 g/mol. The number of hydrogen-bond donors (Lipinski definition) is 1. The molecule has 1 amide bonds. The topological polar surface area (TPSA) is 41.6 Å². The Labute approximate surface area is 141 Å². The smallest absolute Gasteiger partial charge is 0.262 e. The maximum Gasteiger partial charge on any atom is 0.262 e. The minimum absolute atomic E-state index is 0.0769. The van der Waals surface area contributed by atoms with Crippen LogP contribution < -0.4 is 15.0 Å². The number of carbonyl (C=O) groups excluding carboxylic acids is 1. The molecule has 1 fully saturated rings. The van der Waals surface area contributed by atoms with Crippen molar-refractivity contribution in [3.05, 3.63) is 54.3 Å². The zero-order valence-electron chi connectivity index (χ0n) is 13.5. The van der Waals surface area contributed by atoms with Gasteiger partial charge in [0.15, 0.2) is 18.2 Å². The van der Waals surface area contributed by atoms with E-state index in [1.807, 2.05) is 24.3 Å². The zero-order chi connectivity index (χ0) is 16.8. The second-order valence-corrected chi connectivity index (χ2v) is 5.86. The van der Waals surface area contributed by atoms with Gasteiger partial charge in [-0.2, -0.15) is 0 Å². The van der Waals surface area contributed by atoms with E-state index < -0.39 is 5.82 Å². The molecule has 1 heterocycles. The second kappa shape index (κ2) is 7.81. The number of piperidine rings is 1. The Morgan fingerprint density at radius 2 is 1.75 bits per heavy atom. The van der Waals surface area contributed by atoms with Crippen molar-refractivity contribution in [1.29, 1.82) is 0 Å². The number of halogens is 1. The number of amides is 1. The van der Waals surface area contributed by atoms with Gasteiger partial charge in [0.1, 0.15) is 0 Å². The average molecular weight is 328 g/mol. The lowest BCUT2D eigenvalue weighted by Crippen LogP contribution is -2.29. The first-order valence-corrected chi connectivity index (χ1v) is 8.24. The van der Waals surface area contributed by atoms with Gasteiger partial charge in [-0.15, -0.1) is 0 Å². The summed E-state index contributed by atoms with van der Waals surface area (Å²) in [5.41, 5.74) is 1.88. The molecule has 3 rings (SSSR count). The summed E-state index contributed by atoms with van der Waals surface area (Å²) in [6.45, 7) is 1.94. The molecular formula is C19H21FN2O2. The largest absolute Gasteiger partial charge is 0.481 e. The molecule has 0 spiro atoms. The molecule has 0 aromatic heterocycles. The minimum atomic E-state index is -0.476. The lowest BCUT2D eigenvalue weighted by molar-refractivity contribution is -0.118. The molecule has 5 heteroatoms. The number of rotatable bonds is 5. The number of hydrogen-bond acceptors (Lipinski definition) is 3. The summed E-state index contributed by atoms with van der Waals surface area (Å²) in [6, 6.07) is 13.8. The quantitative estimate of drug-likeness (QED) is 0.907. The zero-order valence-corrected chi connectivity index (χ0v) is 13.5. The van der Waals surface area contributed by atoms with Gasteiger partial charge in [-0.05, 0) is 55.7 Å². The highest BCUT2D eigenvalue weighted by Gasteiger charge is 2.11. The molecular weight excluding hydrogens is 307 g/mol. The maximum absolute atomic E-state index is 13.4. The Balaban J connectivity index is 1.52. The molecule has 1 aliphatic heterocycles. The maximum atomic E-state index is 13.4. The van der Waals surface area contributed by atoms with Crippen LogP contribution in [0.3, 0.4) is 0 Å². The molecule has 24 heavy (non-hydrogen) atoms. The third-order valence-corrected chi connectivity index (χ3v) is 4.07. The van der Waals surface area contributed by atoms with E-state index >= 15 is 0 Å². The van der Waals surface area contributed by atoms with E-state index in [9.17, 15) is 9.18 Å². The molecule has 2 aromatic rings. The summed E-state index contributed by atoms with van der Waals surface area (Å²) in [6.07, 6.45) is 3.75. The molecule has 0 unspecified atom stereocenters. The molecule has 0 radical (unpaired) electrons. The van der Waals surface area contributed by atoms with Gasteiger partial charge in [0.05, 0.1) is 0 Å². The van der Waals surface area contributed by atoms with Crippen LogP contribution in [0.4, 0.5) is 15.8 Å². The van der Waals surface area contributed by atoms with Crippen molar-refractivity contribution in [2.45, 2.75) is 19.3 Å². The molecule has 2 aromatic carbocycles. The lowest BCUT2D eigenvalue weighted by atomic mass is 10.1. The lowest BCUT2D eigenvalue weighted by Gasteiger charge is -2.28. The summed E-state index contributed by atoms with van der Waals surface area (Å²) >= 11 is 0. The van der Waals surface area contributed by atoms with E-state index in [1.54, 1.807) is 12.1 Å². The number of benzene rings is 2. The van der Waals surface area contributed by atoms with Crippen molar-refractivity contribution in [3.63, 3.8) is 0 Å². The summed E-state index contributed by atoms with van der Waals surface area (Å²) in [4.78, 5) is 14.3. The first-order valence-electron chi connectivity index (χ1n) is 8.24. The van der Waals surface area contributed by atoms with Crippen molar-refractivity contribution < 1.29 is 13.9 Å². The van der Waals surface area contributed by atoms with E-state index in [2.05, 4.69) is 10.2 Å². The third-order valence-electron chi connectivity index (χ3n) is 4.07. The second-order valence-electron chi connectivity index (χ2n) is 5.86. The van der Waals surface area contributed by atoms with Gasteiger partial charge in [0.25, 0.3) is 5.91 Å². The number of para-hydroxylation sites is 1. The summed E-state index contributed by atoms with van der Waals surface area (Å²) in [7, 11) is 0. The molecule has 1 saturated heterocycles. The fourth-order valence-corrected chi connectivity index (χ4v) is 2.81. The van der Waals surface area contributed by atoms with Crippen LogP contribution in [0.1, 0.15) is 19.3 Å². The van der Waals surface area contributed by atoms with Crippen molar-refractivity contribution >= 4 is 17.3 Å². The standard InChI is InChI=1S/C19H21FN2O2/c20-17-6-2-3-7-18(17)24-14-19(23)21-15-8-10-16(11-9-15)22-12-4-1-5-13-22/h2-3,6-11H,1,4-5,12-14H2,(H,21,23). The highest BCUT2D eigenvalue weighted by Crippen LogP contribution is 2.22. The van der Waals surface area contributed by atoms with Gasteiger partial charge in [-0.25, -0.2) is 4.39 Å². The number of ether oxygens (including phenoxy) is 1. The van der Waals surface area contributed by atoms with Crippen LogP contribution in [0.15, 0.2) is 48.5 Å². The number of nitrogens with one attached hydrogen (secondary N) is 1. The highest BCUT2D eigenvalue weighted by molar-refractivity contribution is 5.92. The Morgan fingerprint density at radius 3 is 2.46 bits per heavy atom. The van der Waals surface area contributed by atoms with Gasteiger partial charge < -0.3 is 15.0 Å². The molecule has 0 aliphatic carbocycles. The van der Waals surface area contributed by atoms with Gasteiger partial charge in [-0.3, -0.25) is 4.79 Å². The number of carbonyl (C=O) groups is 1. The van der Waals surface area contributed by atoms with Crippen LogP contribution >= 0.6 is 0 Å². The van der Waals surface area contributed by atoms with Crippen molar-refractivity contribution in [1.82, 2.24) is 0 Å². The van der Waals surface area contributed by atoms with E-state index in [1.165, 1.54) is 37.1 Å². The van der Waals surface area contributed by atoms with E-state index in [-0.39, 0.29) is 18.3 Å². The van der Waals surface area contributed by atoms with E-state index in [0.29, 0.717) is 5.69 Å². The minimum Gasteiger partial charge on any atom is -0.481 e. The van der Waals surface area contributed by atoms with Crippen molar-refractivity contribution in [3.8, 4) is 5.75 Å².